The van der Waals surface area contributed by atoms with E-state index in [1.54, 1.807) is 25.7 Å². The molecule has 28 heavy (non-hydrogen) atoms. The van der Waals surface area contributed by atoms with Crippen molar-refractivity contribution in [2.24, 2.45) is 5.92 Å². The number of aromatic nitrogens is 2. The summed E-state index contributed by atoms with van der Waals surface area (Å²) in [4.78, 5) is 49.1. The first-order valence-corrected chi connectivity index (χ1v) is 9.85. The lowest BCUT2D eigenvalue weighted by Crippen LogP contribution is -2.42. The predicted octanol–water partition coefficient (Wildman–Crippen LogP) is 1.04. The van der Waals surface area contributed by atoms with Crippen molar-refractivity contribution >= 4 is 17.8 Å². The quantitative estimate of drug-likeness (QED) is 0.705. The molecule has 2 atom stereocenters. The normalized spacial score (nSPS) is 26.2. The fraction of sp³-hybridized carbons (Fsp3) is 0.650. The Balaban J connectivity index is 1.44. The second kappa shape index (κ2) is 6.83. The van der Waals surface area contributed by atoms with Crippen LogP contribution in [0.5, 0.6) is 0 Å². The highest BCUT2D eigenvalue weighted by Crippen LogP contribution is 2.36. The van der Waals surface area contributed by atoms with Crippen LogP contribution in [0.15, 0.2) is 6.20 Å². The summed E-state index contributed by atoms with van der Waals surface area (Å²) in [7, 11) is 0. The molecule has 0 aromatic carbocycles. The van der Waals surface area contributed by atoms with Crippen LogP contribution in [-0.4, -0.2) is 62.8 Å². The Hall–Kier alpha value is -2.51. The summed E-state index contributed by atoms with van der Waals surface area (Å²) in [5, 5.41) is 0. The molecule has 0 aliphatic carbocycles. The van der Waals surface area contributed by atoms with Crippen molar-refractivity contribution in [3.8, 4) is 0 Å². The molecule has 3 aliphatic heterocycles. The standard InChI is InChI=1S/C20H26N4O4/c1-12(25)23-7-5-16-14(11-23)9-21-18(22-16)13-4-6-24(10-13)19(27)15-8-17(26)28-20(15,2)3/h9,13,15H,4-8,10-11H2,1-3H3. The van der Waals surface area contributed by atoms with Gasteiger partial charge in [-0.3, -0.25) is 14.4 Å². The number of rotatable bonds is 2. The summed E-state index contributed by atoms with van der Waals surface area (Å²) in [6.07, 6.45) is 3.51. The highest BCUT2D eigenvalue weighted by molar-refractivity contribution is 5.88. The SMILES string of the molecule is CC(=O)N1CCc2nc(C3CCN(C(=O)C4CC(=O)OC4(C)C)C3)ncc2C1. The van der Waals surface area contributed by atoms with Crippen LogP contribution in [0.4, 0.5) is 0 Å². The summed E-state index contributed by atoms with van der Waals surface area (Å²) >= 11 is 0. The van der Waals surface area contributed by atoms with Crippen molar-refractivity contribution < 1.29 is 19.1 Å². The number of likely N-dealkylation sites (tertiary alicyclic amines) is 1. The third-order valence-electron chi connectivity index (χ3n) is 6.15. The predicted molar refractivity (Wildman–Crippen MR) is 99.0 cm³/mol. The smallest absolute Gasteiger partial charge is 0.307 e. The molecule has 2 amide bonds. The molecule has 2 unspecified atom stereocenters. The maximum absolute atomic E-state index is 12.9. The van der Waals surface area contributed by atoms with Gasteiger partial charge in [-0.05, 0) is 20.3 Å². The Bertz CT molecular complexity index is 837. The molecule has 0 radical (unpaired) electrons. The first-order valence-electron chi connectivity index (χ1n) is 9.85. The summed E-state index contributed by atoms with van der Waals surface area (Å²) < 4.78 is 5.30. The van der Waals surface area contributed by atoms with E-state index in [2.05, 4.69) is 4.98 Å². The van der Waals surface area contributed by atoms with Crippen LogP contribution in [0.1, 0.15) is 56.6 Å². The summed E-state index contributed by atoms with van der Waals surface area (Å²) in [5.74, 6) is 0.174. The minimum atomic E-state index is -0.753. The first kappa shape index (κ1) is 18.8. The van der Waals surface area contributed by atoms with Crippen molar-refractivity contribution in [3.05, 3.63) is 23.3 Å². The van der Waals surface area contributed by atoms with Crippen LogP contribution in [0.25, 0.3) is 0 Å². The Kier molecular flexibility index (Phi) is 4.59. The molecule has 0 saturated carbocycles. The number of fused-ring (bicyclic) bond motifs is 1. The monoisotopic (exact) mass is 386 g/mol. The molecule has 4 heterocycles. The molecule has 0 spiro atoms. The molecular formula is C20H26N4O4. The average Bonchev–Trinajstić information content (AvgIpc) is 3.24. The number of cyclic esters (lactones) is 1. The second-order valence-corrected chi connectivity index (χ2v) is 8.49. The zero-order valence-electron chi connectivity index (χ0n) is 16.6. The molecule has 0 bridgehead atoms. The lowest BCUT2D eigenvalue weighted by atomic mass is 9.89. The van der Waals surface area contributed by atoms with Gasteiger partial charge in [-0.1, -0.05) is 0 Å². The van der Waals surface area contributed by atoms with Crippen LogP contribution in [0.3, 0.4) is 0 Å². The lowest BCUT2D eigenvalue weighted by Gasteiger charge is -2.28. The number of amides is 2. The van der Waals surface area contributed by atoms with Gasteiger partial charge in [0.2, 0.25) is 11.8 Å². The molecule has 2 saturated heterocycles. The van der Waals surface area contributed by atoms with E-state index in [0.717, 1.165) is 29.9 Å². The van der Waals surface area contributed by atoms with Gasteiger partial charge in [-0.15, -0.1) is 0 Å². The molecular weight excluding hydrogens is 360 g/mol. The molecule has 8 heteroatoms. The lowest BCUT2D eigenvalue weighted by molar-refractivity contribution is -0.148. The third-order valence-corrected chi connectivity index (χ3v) is 6.15. The number of hydrogen-bond donors (Lipinski definition) is 0. The number of nitrogens with zero attached hydrogens (tertiary/aromatic N) is 4. The topological polar surface area (TPSA) is 92.7 Å². The van der Waals surface area contributed by atoms with E-state index in [1.807, 2.05) is 11.1 Å². The van der Waals surface area contributed by atoms with E-state index in [-0.39, 0.29) is 30.1 Å². The van der Waals surface area contributed by atoms with E-state index in [1.165, 1.54) is 0 Å². The summed E-state index contributed by atoms with van der Waals surface area (Å²) in [6, 6.07) is 0. The van der Waals surface area contributed by atoms with Gasteiger partial charge >= 0.3 is 5.97 Å². The maximum Gasteiger partial charge on any atom is 0.307 e. The second-order valence-electron chi connectivity index (χ2n) is 8.49. The first-order chi connectivity index (χ1) is 13.2. The van der Waals surface area contributed by atoms with Gasteiger partial charge in [0.1, 0.15) is 11.4 Å². The molecule has 8 nitrogen and oxygen atoms in total. The zero-order chi connectivity index (χ0) is 20.1. The van der Waals surface area contributed by atoms with E-state index < -0.39 is 11.5 Å². The third kappa shape index (κ3) is 3.36. The van der Waals surface area contributed by atoms with E-state index >= 15 is 0 Å². The van der Waals surface area contributed by atoms with Gasteiger partial charge in [-0.25, -0.2) is 9.97 Å². The Labute approximate surface area is 164 Å². The number of hydrogen-bond acceptors (Lipinski definition) is 6. The average molecular weight is 386 g/mol. The highest BCUT2D eigenvalue weighted by Gasteiger charge is 2.48. The number of carbonyl (C=O) groups excluding carboxylic acids is 3. The van der Waals surface area contributed by atoms with Crippen LogP contribution >= 0.6 is 0 Å². The zero-order valence-corrected chi connectivity index (χ0v) is 16.6. The summed E-state index contributed by atoms with van der Waals surface area (Å²) in [6.45, 7) is 7.62. The number of ether oxygens (including phenoxy) is 1. The van der Waals surface area contributed by atoms with E-state index in [0.29, 0.717) is 26.2 Å². The van der Waals surface area contributed by atoms with Gasteiger partial charge in [0.25, 0.3) is 0 Å². The fourth-order valence-corrected chi connectivity index (χ4v) is 4.39. The Morgan fingerprint density at radius 3 is 2.71 bits per heavy atom. The molecule has 0 N–H and O–H groups in total. The van der Waals surface area contributed by atoms with Crippen LogP contribution in [0, 0.1) is 5.92 Å². The van der Waals surface area contributed by atoms with Gasteiger partial charge in [0, 0.05) is 57.2 Å². The Morgan fingerprint density at radius 1 is 1.25 bits per heavy atom. The molecule has 1 aromatic heterocycles. The van der Waals surface area contributed by atoms with Gasteiger partial charge < -0.3 is 14.5 Å². The van der Waals surface area contributed by atoms with Crippen molar-refractivity contribution in [2.45, 2.75) is 58.1 Å². The largest absolute Gasteiger partial charge is 0.459 e. The fourth-order valence-electron chi connectivity index (χ4n) is 4.39. The molecule has 2 fully saturated rings. The van der Waals surface area contributed by atoms with Gasteiger partial charge in [-0.2, -0.15) is 0 Å². The van der Waals surface area contributed by atoms with Crippen molar-refractivity contribution in [2.75, 3.05) is 19.6 Å². The van der Waals surface area contributed by atoms with Crippen LogP contribution in [0.2, 0.25) is 0 Å². The highest BCUT2D eigenvalue weighted by atomic mass is 16.6. The van der Waals surface area contributed by atoms with Crippen LogP contribution < -0.4 is 0 Å². The minimum Gasteiger partial charge on any atom is -0.459 e. The minimum absolute atomic E-state index is 0.0200. The summed E-state index contributed by atoms with van der Waals surface area (Å²) in [5.41, 5.74) is 1.25. The van der Waals surface area contributed by atoms with Crippen LogP contribution in [-0.2, 0) is 32.1 Å². The van der Waals surface area contributed by atoms with Gasteiger partial charge in [0.05, 0.1) is 18.0 Å². The maximum atomic E-state index is 12.9. The molecule has 1 aromatic rings. The number of esters is 1. The number of carbonyl (C=O) groups is 3. The van der Waals surface area contributed by atoms with Gasteiger partial charge in [0.15, 0.2) is 0 Å². The molecule has 150 valence electrons. The van der Waals surface area contributed by atoms with Crippen molar-refractivity contribution in [3.63, 3.8) is 0 Å². The van der Waals surface area contributed by atoms with E-state index in [4.69, 9.17) is 9.72 Å². The van der Waals surface area contributed by atoms with E-state index in [9.17, 15) is 14.4 Å². The molecule has 4 rings (SSSR count). The van der Waals surface area contributed by atoms with Crippen molar-refractivity contribution in [1.29, 1.82) is 0 Å². The Morgan fingerprint density at radius 2 is 2.04 bits per heavy atom. The molecule has 3 aliphatic rings. The van der Waals surface area contributed by atoms with Crippen molar-refractivity contribution in [1.82, 2.24) is 19.8 Å².